The lowest BCUT2D eigenvalue weighted by molar-refractivity contribution is -0.115. The van der Waals surface area contributed by atoms with Crippen LogP contribution in [0.1, 0.15) is 19.4 Å². The van der Waals surface area contributed by atoms with Crippen molar-refractivity contribution in [2.45, 2.75) is 30.4 Å². The molecule has 0 aliphatic carbocycles. The zero-order valence-corrected chi connectivity index (χ0v) is 13.7. The average molecular weight is 320 g/mol. The molecule has 2 nitrogen and oxygen atoms in total. The summed E-state index contributed by atoms with van der Waals surface area (Å²) in [6, 6.07) is 15.2. The highest BCUT2D eigenvalue weighted by Crippen LogP contribution is 2.23. The Kier molecular flexibility index (Phi) is 5.71. The number of hydrogen-bond donors (Lipinski definition) is 1. The van der Waals surface area contributed by atoms with Gasteiger partial charge in [0.1, 0.15) is 0 Å². The second kappa shape index (κ2) is 7.53. The van der Waals surface area contributed by atoms with Gasteiger partial charge in [0.05, 0.1) is 6.42 Å². The van der Waals surface area contributed by atoms with E-state index in [0.717, 1.165) is 11.3 Å². The van der Waals surface area contributed by atoms with Crippen molar-refractivity contribution in [2.75, 3.05) is 5.32 Å². The molecule has 0 fully saturated rings. The van der Waals surface area contributed by atoms with Crippen LogP contribution in [0.5, 0.6) is 0 Å². The molecule has 4 heteroatoms. The van der Waals surface area contributed by atoms with Gasteiger partial charge in [-0.05, 0) is 42.0 Å². The first-order valence-electron chi connectivity index (χ1n) is 6.84. The molecular weight excluding hydrogens is 302 g/mol. The number of carbonyl (C=O) groups is 1. The third kappa shape index (κ3) is 5.44. The molecule has 0 unspecified atom stereocenters. The molecule has 110 valence electrons. The number of anilines is 1. The maximum absolute atomic E-state index is 12.0. The van der Waals surface area contributed by atoms with E-state index in [1.54, 1.807) is 24.3 Å². The molecule has 0 radical (unpaired) electrons. The summed E-state index contributed by atoms with van der Waals surface area (Å²) in [6.07, 6.45) is 0.370. The Hall–Kier alpha value is -1.45. The maximum Gasteiger partial charge on any atom is 0.228 e. The van der Waals surface area contributed by atoms with Crippen LogP contribution in [0.4, 0.5) is 5.69 Å². The second-order valence-electron chi connectivity index (χ2n) is 5.04. The molecule has 0 heterocycles. The van der Waals surface area contributed by atoms with Gasteiger partial charge in [-0.15, -0.1) is 11.8 Å². The van der Waals surface area contributed by atoms with Crippen molar-refractivity contribution in [3.63, 3.8) is 0 Å². The number of benzene rings is 2. The molecule has 2 aromatic rings. The topological polar surface area (TPSA) is 29.1 Å². The van der Waals surface area contributed by atoms with Gasteiger partial charge in [-0.3, -0.25) is 4.79 Å². The predicted octanol–water partition coefficient (Wildman–Crippen LogP) is 5.02. The lowest BCUT2D eigenvalue weighted by atomic mass is 10.1. The maximum atomic E-state index is 12.0. The van der Waals surface area contributed by atoms with E-state index in [0.29, 0.717) is 16.7 Å². The molecule has 0 aliphatic rings. The Morgan fingerprint density at radius 1 is 1.10 bits per heavy atom. The van der Waals surface area contributed by atoms with Crippen molar-refractivity contribution in [3.8, 4) is 0 Å². The monoisotopic (exact) mass is 319 g/mol. The fourth-order valence-electron chi connectivity index (χ4n) is 1.88. The number of hydrogen-bond acceptors (Lipinski definition) is 2. The number of thioether (sulfide) groups is 1. The van der Waals surface area contributed by atoms with Crippen LogP contribution < -0.4 is 5.32 Å². The van der Waals surface area contributed by atoms with E-state index in [2.05, 4.69) is 31.3 Å². The molecule has 0 bridgehead atoms. The molecule has 0 aromatic heterocycles. The predicted molar refractivity (Wildman–Crippen MR) is 91.2 cm³/mol. The van der Waals surface area contributed by atoms with Crippen molar-refractivity contribution in [3.05, 3.63) is 59.1 Å². The summed E-state index contributed by atoms with van der Waals surface area (Å²) < 4.78 is 0. The Balaban J connectivity index is 1.91. The fraction of sp³-hybridized carbons (Fsp3) is 0.235. The minimum atomic E-state index is -0.0263. The standard InChI is InChI=1S/C17H18ClNOS/c1-12(2)21-16-9-3-13(4-10-16)11-17(20)19-15-7-5-14(18)6-8-15/h3-10,12H,11H2,1-2H3,(H,19,20). The first kappa shape index (κ1) is 15.9. The smallest absolute Gasteiger partial charge is 0.228 e. The average Bonchev–Trinajstić information content (AvgIpc) is 2.43. The van der Waals surface area contributed by atoms with Gasteiger partial charge in [0.25, 0.3) is 0 Å². The summed E-state index contributed by atoms with van der Waals surface area (Å²) in [5.41, 5.74) is 1.77. The van der Waals surface area contributed by atoms with Crippen LogP contribution in [0.3, 0.4) is 0 Å². The number of rotatable bonds is 5. The van der Waals surface area contributed by atoms with Gasteiger partial charge < -0.3 is 5.32 Å². The van der Waals surface area contributed by atoms with Crippen LogP contribution in [0, 0.1) is 0 Å². The SMILES string of the molecule is CC(C)Sc1ccc(CC(=O)Nc2ccc(Cl)cc2)cc1. The molecule has 0 spiro atoms. The molecule has 0 atom stereocenters. The van der Waals surface area contributed by atoms with Gasteiger partial charge in [0, 0.05) is 20.9 Å². The normalized spacial score (nSPS) is 10.7. The minimum absolute atomic E-state index is 0.0263. The number of amides is 1. The summed E-state index contributed by atoms with van der Waals surface area (Å²) >= 11 is 7.63. The molecule has 1 amide bonds. The molecule has 2 rings (SSSR count). The molecule has 21 heavy (non-hydrogen) atoms. The third-order valence-electron chi connectivity index (χ3n) is 2.79. The van der Waals surface area contributed by atoms with Gasteiger partial charge in [-0.1, -0.05) is 37.6 Å². The van der Waals surface area contributed by atoms with Gasteiger partial charge in [-0.2, -0.15) is 0 Å². The second-order valence-corrected chi connectivity index (χ2v) is 7.13. The molecule has 0 aliphatic heterocycles. The first-order valence-corrected chi connectivity index (χ1v) is 8.10. The number of nitrogens with one attached hydrogen (secondary N) is 1. The van der Waals surface area contributed by atoms with Crippen molar-refractivity contribution in [1.29, 1.82) is 0 Å². The lowest BCUT2D eigenvalue weighted by Crippen LogP contribution is -2.14. The van der Waals surface area contributed by atoms with Gasteiger partial charge in [0.2, 0.25) is 5.91 Å². The highest BCUT2D eigenvalue weighted by molar-refractivity contribution is 7.99. The van der Waals surface area contributed by atoms with Crippen molar-refractivity contribution in [2.24, 2.45) is 0 Å². The van der Waals surface area contributed by atoms with Crippen LogP contribution >= 0.6 is 23.4 Å². The summed E-state index contributed by atoms with van der Waals surface area (Å²) in [5.74, 6) is -0.0263. The van der Waals surface area contributed by atoms with E-state index in [1.165, 1.54) is 4.90 Å². The van der Waals surface area contributed by atoms with Crippen molar-refractivity contribution in [1.82, 2.24) is 0 Å². The Morgan fingerprint density at radius 2 is 1.71 bits per heavy atom. The van der Waals surface area contributed by atoms with E-state index in [-0.39, 0.29) is 5.91 Å². The summed E-state index contributed by atoms with van der Waals surface area (Å²) in [5, 5.41) is 4.08. The quantitative estimate of drug-likeness (QED) is 0.784. The van der Waals surface area contributed by atoms with Gasteiger partial charge in [-0.25, -0.2) is 0 Å². The van der Waals surface area contributed by atoms with Crippen molar-refractivity contribution < 1.29 is 4.79 Å². The van der Waals surface area contributed by atoms with E-state index in [9.17, 15) is 4.79 Å². The van der Waals surface area contributed by atoms with Crippen LogP contribution in [-0.2, 0) is 11.2 Å². The zero-order valence-electron chi connectivity index (χ0n) is 12.1. The Bertz CT molecular complexity index is 593. The van der Waals surface area contributed by atoms with Crippen LogP contribution in [0.25, 0.3) is 0 Å². The van der Waals surface area contributed by atoms with Crippen molar-refractivity contribution >= 4 is 35.0 Å². The fourth-order valence-corrected chi connectivity index (χ4v) is 2.85. The lowest BCUT2D eigenvalue weighted by Gasteiger charge is -2.07. The van der Waals surface area contributed by atoms with Crippen LogP contribution in [0.15, 0.2) is 53.4 Å². The molecule has 0 saturated carbocycles. The molecular formula is C17H18ClNOS. The van der Waals surface area contributed by atoms with E-state index in [4.69, 9.17) is 11.6 Å². The van der Waals surface area contributed by atoms with E-state index < -0.39 is 0 Å². The minimum Gasteiger partial charge on any atom is -0.326 e. The molecule has 0 saturated heterocycles. The first-order chi connectivity index (χ1) is 10.0. The van der Waals surface area contributed by atoms with Crippen LogP contribution in [-0.4, -0.2) is 11.2 Å². The molecule has 1 N–H and O–H groups in total. The number of halogens is 1. The third-order valence-corrected chi connectivity index (χ3v) is 4.06. The zero-order chi connectivity index (χ0) is 15.2. The van der Waals surface area contributed by atoms with Crippen LogP contribution in [0.2, 0.25) is 5.02 Å². The highest BCUT2D eigenvalue weighted by atomic mass is 35.5. The highest BCUT2D eigenvalue weighted by Gasteiger charge is 2.05. The van der Waals surface area contributed by atoms with E-state index >= 15 is 0 Å². The van der Waals surface area contributed by atoms with E-state index in [1.807, 2.05) is 23.9 Å². The Morgan fingerprint density at radius 3 is 2.29 bits per heavy atom. The summed E-state index contributed by atoms with van der Waals surface area (Å²) in [7, 11) is 0. The molecule has 2 aromatic carbocycles. The number of carbonyl (C=O) groups excluding carboxylic acids is 1. The van der Waals surface area contributed by atoms with Gasteiger partial charge in [0.15, 0.2) is 0 Å². The van der Waals surface area contributed by atoms with Gasteiger partial charge >= 0.3 is 0 Å². The largest absolute Gasteiger partial charge is 0.326 e. The Labute approximate surface area is 134 Å². The summed E-state index contributed by atoms with van der Waals surface area (Å²) in [4.78, 5) is 13.2. The summed E-state index contributed by atoms with van der Waals surface area (Å²) in [6.45, 7) is 4.33.